The molecule has 0 aliphatic carbocycles. The number of aryl methyl sites for hydroxylation is 1. The zero-order valence-electron chi connectivity index (χ0n) is 8.77. The molecule has 3 heteroatoms. The summed E-state index contributed by atoms with van der Waals surface area (Å²) in [5.41, 5.74) is 3.91. The first-order valence-electron chi connectivity index (χ1n) is 4.75. The first kappa shape index (κ1) is 9.65. The maximum atomic E-state index is 10.9. The Bertz CT molecular complexity index is 486. The summed E-state index contributed by atoms with van der Waals surface area (Å²) in [7, 11) is 1.88. The van der Waals surface area contributed by atoms with E-state index in [9.17, 15) is 4.79 Å². The summed E-state index contributed by atoms with van der Waals surface area (Å²) < 4.78 is 1.85. The molecular formula is C12H12N2O. The number of pyridine rings is 1. The molecule has 2 rings (SSSR count). The lowest BCUT2D eigenvalue weighted by molar-refractivity contribution is 0.111. The third kappa shape index (κ3) is 1.56. The molecule has 0 spiro atoms. The monoisotopic (exact) mass is 200 g/mol. The second-order valence-electron chi connectivity index (χ2n) is 3.52. The Balaban J connectivity index is 2.60. The Labute approximate surface area is 88.4 Å². The van der Waals surface area contributed by atoms with E-state index in [4.69, 9.17) is 0 Å². The zero-order chi connectivity index (χ0) is 10.8. The minimum absolute atomic E-state index is 0.724. The normalized spacial score (nSPS) is 10.3. The molecule has 0 bridgehead atoms. The second kappa shape index (κ2) is 3.69. The molecule has 76 valence electrons. The van der Waals surface area contributed by atoms with Crippen LogP contribution >= 0.6 is 0 Å². The molecule has 2 heterocycles. The van der Waals surface area contributed by atoms with E-state index < -0.39 is 0 Å². The van der Waals surface area contributed by atoms with Crippen molar-refractivity contribution in [3.8, 4) is 11.1 Å². The lowest BCUT2D eigenvalue weighted by atomic mass is 10.1. The molecule has 0 atom stereocenters. The van der Waals surface area contributed by atoms with Crippen molar-refractivity contribution in [2.45, 2.75) is 6.92 Å². The summed E-state index contributed by atoms with van der Waals surface area (Å²) in [6.07, 6.45) is 6.36. The van der Waals surface area contributed by atoms with Crippen molar-refractivity contribution < 1.29 is 4.79 Å². The molecule has 3 nitrogen and oxygen atoms in total. The van der Waals surface area contributed by atoms with Crippen LogP contribution < -0.4 is 0 Å². The Hall–Kier alpha value is -1.90. The molecule has 15 heavy (non-hydrogen) atoms. The van der Waals surface area contributed by atoms with Gasteiger partial charge in [-0.1, -0.05) is 0 Å². The van der Waals surface area contributed by atoms with Gasteiger partial charge in [-0.2, -0.15) is 0 Å². The molecule has 0 aromatic carbocycles. The fourth-order valence-electron chi connectivity index (χ4n) is 1.76. The first-order valence-corrected chi connectivity index (χ1v) is 4.75. The van der Waals surface area contributed by atoms with E-state index in [0.29, 0.717) is 0 Å². The van der Waals surface area contributed by atoms with Gasteiger partial charge in [-0.3, -0.25) is 9.78 Å². The van der Waals surface area contributed by atoms with Gasteiger partial charge in [0, 0.05) is 31.2 Å². The van der Waals surface area contributed by atoms with Crippen molar-refractivity contribution >= 4 is 6.29 Å². The molecule has 2 aromatic rings. The number of aldehydes is 1. The fourth-order valence-corrected chi connectivity index (χ4v) is 1.76. The predicted molar refractivity (Wildman–Crippen MR) is 58.8 cm³/mol. The molecule has 0 fully saturated rings. The number of rotatable bonds is 2. The molecular weight excluding hydrogens is 188 g/mol. The van der Waals surface area contributed by atoms with Crippen molar-refractivity contribution in [2.24, 2.45) is 7.05 Å². The topological polar surface area (TPSA) is 34.9 Å². The minimum atomic E-state index is 0.724. The first-order chi connectivity index (χ1) is 7.24. The summed E-state index contributed by atoms with van der Waals surface area (Å²) in [5, 5.41) is 0. The second-order valence-corrected chi connectivity index (χ2v) is 3.52. The third-order valence-corrected chi connectivity index (χ3v) is 2.59. The van der Waals surface area contributed by atoms with Crippen LogP contribution in [0.2, 0.25) is 0 Å². The van der Waals surface area contributed by atoms with Gasteiger partial charge in [0.05, 0.1) is 5.69 Å². The molecule has 0 amide bonds. The Morgan fingerprint density at radius 1 is 1.33 bits per heavy atom. The molecule has 0 unspecified atom stereocenters. The van der Waals surface area contributed by atoms with Crippen molar-refractivity contribution in [2.75, 3.05) is 0 Å². The quantitative estimate of drug-likeness (QED) is 0.696. The summed E-state index contributed by atoms with van der Waals surface area (Å²) in [5.74, 6) is 0. The van der Waals surface area contributed by atoms with E-state index in [-0.39, 0.29) is 0 Å². The van der Waals surface area contributed by atoms with Crippen molar-refractivity contribution in [1.82, 2.24) is 9.55 Å². The van der Waals surface area contributed by atoms with Gasteiger partial charge in [-0.25, -0.2) is 0 Å². The van der Waals surface area contributed by atoms with Gasteiger partial charge < -0.3 is 4.57 Å². The van der Waals surface area contributed by atoms with Crippen LogP contribution in [0.4, 0.5) is 0 Å². The predicted octanol–water partition coefficient (Wildman–Crippen LogP) is 2.21. The smallest absolute Gasteiger partial charge is 0.166 e. The molecule has 0 saturated carbocycles. The summed E-state index contributed by atoms with van der Waals surface area (Å²) in [6.45, 7) is 1.96. The SMILES string of the molecule is Cc1c(-c2ccncc2)cn(C)c1C=O. The van der Waals surface area contributed by atoms with Gasteiger partial charge in [0.25, 0.3) is 0 Å². The standard InChI is InChI=1S/C12H12N2O/c1-9-11(7-14(2)12(9)8-15)10-3-5-13-6-4-10/h3-8H,1-2H3. The average molecular weight is 200 g/mol. The molecule has 2 aromatic heterocycles. The Kier molecular flexibility index (Phi) is 2.37. The van der Waals surface area contributed by atoms with Gasteiger partial charge in [-0.05, 0) is 30.2 Å². The number of aromatic nitrogens is 2. The van der Waals surface area contributed by atoms with Crippen molar-refractivity contribution in [1.29, 1.82) is 0 Å². The average Bonchev–Trinajstić information content (AvgIpc) is 2.55. The largest absolute Gasteiger partial charge is 0.348 e. The van der Waals surface area contributed by atoms with Crippen LogP contribution in [-0.2, 0) is 7.05 Å². The molecule has 0 saturated heterocycles. The lowest BCUT2D eigenvalue weighted by Gasteiger charge is -1.98. The molecule has 0 aliphatic rings. The highest BCUT2D eigenvalue weighted by Crippen LogP contribution is 2.25. The van der Waals surface area contributed by atoms with Gasteiger partial charge in [0.15, 0.2) is 6.29 Å². The number of carbonyl (C=O) groups is 1. The maximum absolute atomic E-state index is 10.9. The van der Waals surface area contributed by atoms with E-state index in [2.05, 4.69) is 4.98 Å². The van der Waals surface area contributed by atoms with E-state index >= 15 is 0 Å². The molecule has 0 N–H and O–H groups in total. The van der Waals surface area contributed by atoms with Gasteiger partial charge in [0.1, 0.15) is 0 Å². The van der Waals surface area contributed by atoms with Crippen LogP contribution in [-0.4, -0.2) is 15.8 Å². The van der Waals surface area contributed by atoms with E-state index in [1.807, 2.05) is 36.9 Å². The Morgan fingerprint density at radius 2 is 2.00 bits per heavy atom. The number of nitrogens with zero attached hydrogens (tertiary/aromatic N) is 2. The number of hydrogen-bond donors (Lipinski definition) is 0. The van der Waals surface area contributed by atoms with Crippen LogP contribution in [0, 0.1) is 6.92 Å². The fraction of sp³-hybridized carbons (Fsp3) is 0.167. The van der Waals surface area contributed by atoms with Gasteiger partial charge in [-0.15, -0.1) is 0 Å². The van der Waals surface area contributed by atoms with Crippen LogP contribution in [0.1, 0.15) is 16.1 Å². The number of carbonyl (C=O) groups excluding carboxylic acids is 1. The van der Waals surface area contributed by atoms with Gasteiger partial charge in [0.2, 0.25) is 0 Å². The highest BCUT2D eigenvalue weighted by molar-refractivity contribution is 5.81. The van der Waals surface area contributed by atoms with E-state index in [0.717, 1.165) is 28.7 Å². The highest BCUT2D eigenvalue weighted by atomic mass is 16.1. The summed E-state index contributed by atoms with van der Waals surface area (Å²) >= 11 is 0. The van der Waals surface area contributed by atoms with Crippen molar-refractivity contribution in [3.63, 3.8) is 0 Å². The van der Waals surface area contributed by atoms with Crippen LogP contribution in [0.5, 0.6) is 0 Å². The van der Waals surface area contributed by atoms with Crippen LogP contribution in [0.15, 0.2) is 30.7 Å². The molecule has 0 radical (unpaired) electrons. The summed E-state index contributed by atoms with van der Waals surface area (Å²) in [6, 6.07) is 3.88. The Morgan fingerprint density at radius 3 is 2.53 bits per heavy atom. The lowest BCUT2D eigenvalue weighted by Crippen LogP contribution is -1.93. The van der Waals surface area contributed by atoms with Crippen molar-refractivity contribution in [3.05, 3.63) is 42.0 Å². The van der Waals surface area contributed by atoms with E-state index in [1.165, 1.54) is 0 Å². The number of hydrogen-bond acceptors (Lipinski definition) is 2. The van der Waals surface area contributed by atoms with E-state index in [1.54, 1.807) is 12.4 Å². The molecule has 0 aliphatic heterocycles. The zero-order valence-corrected chi connectivity index (χ0v) is 8.77. The maximum Gasteiger partial charge on any atom is 0.166 e. The highest BCUT2D eigenvalue weighted by Gasteiger charge is 2.10. The van der Waals surface area contributed by atoms with Crippen LogP contribution in [0.25, 0.3) is 11.1 Å². The van der Waals surface area contributed by atoms with Crippen LogP contribution in [0.3, 0.4) is 0 Å². The summed E-state index contributed by atoms with van der Waals surface area (Å²) in [4.78, 5) is 14.8. The van der Waals surface area contributed by atoms with Gasteiger partial charge >= 0.3 is 0 Å². The third-order valence-electron chi connectivity index (χ3n) is 2.59. The minimum Gasteiger partial charge on any atom is -0.348 e.